The van der Waals surface area contributed by atoms with Crippen LogP contribution >= 0.6 is 0 Å². The second-order valence-corrected chi connectivity index (χ2v) is 6.04. The maximum Gasteiger partial charge on any atom is 0.216 e. The highest BCUT2D eigenvalue weighted by Gasteiger charge is 2.22. The van der Waals surface area contributed by atoms with Crippen molar-refractivity contribution in [3.8, 4) is 11.3 Å². The van der Waals surface area contributed by atoms with Crippen molar-refractivity contribution in [2.75, 3.05) is 0 Å². The third kappa shape index (κ3) is 2.33. The van der Waals surface area contributed by atoms with Crippen LogP contribution in [0.3, 0.4) is 0 Å². The molecule has 1 heterocycles. The summed E-state index contributed by atoms with van der Waals surface area (Å²) in [5, 5.41) is 1.31. The van der Waals surface area contributed by atoms with Crippen LogP contribution in [-0.2, 0) is 7.05 Å². The van der Waals surface area contributed by atoms with Gasteiger partial charge in [-0.25, -0.2) is 0 Å². The monoisotopic (exact) mass is 276 g/mol. The first kappa shape index (κ1) is 13.8. The molecule has 0 N–H and O–H groups in total. The van der Waals surface area contributed by atoms with Gasteiger partial charge in [0.2, 0.25) is 11.2 Å². The van der Waals surface area contributed by atoms with E-state index in [9.17, 15) is 0 Å². The van der Waals surface area contributed by atoms with Crippen LogP contribution in [0.15, 0.2) is 54.6 Å². The number of aryl methyl sites for hydroxylation is 2. The number of fused-ring (bicyclic) bond motifs is 1. The van der Waals surface area contributed by atoms with Crippen LogP contribution in [-0.4, -0.2) is 0 Å². The Morgan fingerprint density at radius 2 is 1.57 bits per heavy atom. The van der Waals surface area contributed by atoms with Gasteiger partial charge in [-0.15, -0.1) is 0 Å². The molecule has 0 amide bonds. The zero-order valence-electron chi connectivity index (χ0n) is 13.2. The van der Waals surface area contributed by atoms with Crippen LogP contribution in [0.4, 0.5) is 0 Å². The highest BCUT2D eigenvalue weighted by atomic mass is 14.9. The number of benzene rings is 2. The molecule has 0 bridgehead atoms. The van der Waals surface area contributed by atoms with Crippen LogP contribution in [0, 0.1) is 6.92 Å². The molecular formula is C20H22N+. The van der Waals surface area contributed by atoms with Gasteiger partial charge in [0, 0.05) is 22.6 Å². The van der Waals surface area contributed by atoms with Gasteiger partial charge in [0.15, 0.2) is 0 Å². The zero-order valence-corrected chi connectivity index (χ0v) is 13.2. The van der Waals surface area contributed by atoms with Crippen molar-refractivity contribution in [1.82, 2.24) is 0 Å². The van der Waals surface area contributed by atoms with Gasteiger partial charge >= 0.3 is 0 Å². The first-order valence-corrected chi connectivity index (χ1v) is 7.57. The molecule has 0 aliphatic rings. The Kier molecular flexibility index (Phi) is 3.50. The largest absolute Gasteiger partial charge is 0.216 e. The smallest absolute Gasteiger partial charge is 0.194 e. The van der Waals surface area contributed by atoms with E-state index in [1.165, 1.54) is 33.3 Å². The van der Waals surface area contributed by atoms with E-state index in [4.69, 9.17) is 0 Å². The first-order chi connectivity index (χ1) is 10.1. The molecule has 0 aliphatic heterocycles. The van der Waals surface area contributed by atoms with Gasteiger partial charge in [0.1, 0.15) is 7.05 Å². The Labute approximate surface area is 126 Å². The average Bonchev–Trinajstić information content (AvgIpc) is 2.48. The van der Waals surface area contributed by atoms with Crippen LogP contribution in [0.5, 0.6) is 0 Å². The molecular weight excluding hydrogens is 254 g/mol. The van der Waals surface area contributed by atoms with Crippen LogP contribution < -0.4 is 4.57 Å². The van der Waals surface area contributed by atoms with Gasteiger partial charge in [-0.1, -0.05) is 44.2 Å². The molecule has 0 atom stereocenters. The molecule has 0 unspecified atom stereocenters. The lowest BCUT2D eigenvalue weighted by atomic mass is 9.93. The summed E-state index contributed by atoms with van der Waals surface area (Å²) in [4.78, 5) is 0. The van der Waals surface area contributed by atoms with E-state index in [1.807, 2.05) is 0 Å². The summed E-state index contributed by atoms with van der Waals surface area (Å²) in [6.45, 7) is 6.73. The van der Waals surface area contributed by atoms with Gasteiger partial charge in [0.25, 0.3) is 0 Å². The number of nitrogens with zero attached hydrogens (tertiary/aromatic N) is 1. The maximum absolute atomic E-state index is 2.35. The molecule has 1 nitrogen and oxygen atoms in total. The molecule has 1 aromatic heterocycles. The molecule has 0 saturated heterocycles. The lowest BCUT2D eigenvalue weighted by molar-refractivity contribution is -0.634. The van der Waals surface area contributed by atoms with E-state index in [-0.39, 0.29) is 0 Å². The summed E-state index contributed by atoms with van der Waals surface area (Å²) < 4.78 is 2.34. The Morgan fingerprint density at radius 3 is 2.29 bits per heavy atom. The van der Waals surface area contributed by atoms with E-state index in [0.717, 1.165) is 0 Å². The van der Waals surface area contributed by atoms with Crippen LogP contribution in [0.25, 0.3) is 22.2 Å². The number of hydrogen-bond acceptors (Lipinski definition) is 0. The van der Waals surface area contributed by atoms with Crippen molar-refractivity contribution in [1.29, 1.82) is 0 Å². The van der Waals surface area contributed by atoms with Gasteiger partial charge < -0.3 is 0 Å². The highest BCUT2D eigenvalue weighted by molar-refractivity contribution is 5.80. The maximum atomic E-state index is 2.35. The van der Waals surface area contributed by atoms with E-state index in [2.05, 4.69) is 87.0 Å². The third-order valence-corrected chi connectivity index (χ3v) is 4.24. The van der Waals surface area contributed by atoms with E-state index < -0.39 is 0 Å². The van der Waals surface area contributed by atoms with Gasteiger partial charge in [-0.3, -0.25) is 0 Å². The quantitative estimate of drug-likeness (QED) is 0.594. The molecule has 0 saturated carbocycles. The average molecular weight is 276 g/mol. The van der Waals surface area contributed by atoms with Crippen molar-refractivity contribution in [3.63, 3.8) is 0 Å². The minimum atomic E-state index is 0.496. The van der Waals surface area contributed by atoms with Crippen molar-refractivity contribution in [2.45, 2.75) is 26.7 Å². The topological polar surface area (TPSA) is 3.88 Å². The lowest BCUT2D eigenvalue weighted by Gasteiger charge is -2.14. The molecule has 0 aliphatic carbocycles. The minimum Gasteiger partial charge on any atom is -0.194 e. The van der Waals surface area contributed by atoms with E-state index >= 15 is 0 Å². The van der Waals surface area contributed by atoms with Gasteiger partial charge in [-0.05, 0) is 36.6 Å². The second-order valence-electron chi connectivity index (χ2n) is 6.04. The molecule has 1 heteroatoms. The number of rotatable bonds is 2. The number of para-hydroxylation sites is 1. The minimum absolute atomic E-state index is 0.496. The van der Waals surface area contributed by atoms with Crippen LogP contribution in [0.1, 0.15) is 30.9 Å². The summed E-state index contributed by atoms with van der Waals surface area (Å²) in [5.74, 6) is 0.496. The molecule has 2 aromatic carbocycles. The second kappa shape index (κ2) is 5.33. The molecule has 21 heavy (non-hydrogen) atoms. The number of hydrogen-bond donors (Lipinski definition) is 0. The molecule has 0 spiro atoms. The van der Waals surface area contributed by atoms with Crippen molar-refractivity contribution >= 4 is 10.9 Å². The molecule has 0 fully saturated rings. The lowest BCUT2D eigenvalue weighted by Crippen LogP contribution is -2.34. The molecule has 3 rings (SSSR count). The van der Waals surface area contributed by atoms with Crippen molar-refractivity contribution in [3.05, 3.63) is 65.7 Å². The fraction of sp³-hybridized carbons (Fsp3) is 0.250. The zero-order chi connectivity index (χ0) is 15.0. The predicted molar refractivity (Wildman–Crippen MR) is 89.4 cm³/mol. The van der Waals surface area contributed by atoms with Crippen molar-refractivity contribution in [2.24, 2.45) is 7.05 Å². The molecule has 3 aromatic rings. The first-order valence-electron chi connectivity index (χ1n) is 7.57. The number of aromatic nitrogens is 1. The summed E-state index contributed by atoms with van der Waals surface area (Å²) >= 11 is 0. The molecule has 0 radical (unpaired) electrons. The third-order valence-electron chi connectivity index (χ3n) is 4.24. The van der Waals surface area contributed by atoms with Gasteiger partial charge in [-0.2, -0.15) is 4.57 Å². The summed E-state index contributed by atoms with van der Waals surface area (Å²) in [6.07, 6.45) is 0. The SMILES string of the molecule is Cc1ccccc1-c1c(C(C)C)cc2ccccc2[n+]1C. The standard InChI is InChI=1S/C20H22N/c1-14(2)18-13-16-10-6-8-12-19(16)21(4)20(18)17-11-7-5-9-15(17)3/h5-14H,1-4H3/q+1. The predicted octanol–water partition coefficient (Wildman–Crippen LogP) is 4.76. The molecule has 106 valence electrons. The van der Waals surface area contributed by atoms with E-state index in [0.29, 0.717) is 5.92 Å². The Hall–Kier alpha value is -2.15. The van der Waals surface area contributed by atoms with Crippen molar-refractivity contribution < 1.29 is 4.57 Å². The fourth-order valence-electron chi connectivity index (χ4n) is 3.08. The normalized spacial score (nSPS) is 11.3. The summed E-state index contributed by atoms with van der Waals surface area (Å²) in [5.41, 5.74) is 6.67. The fourth-order valence-corrected chi connectivity index (χ4v) is 3.08. The highest BCUT2D eigenvalue weighted by Crippen LogP contribution is 2.30. The summed E-state index contributed by atoms with van der Waals surface area (Å²) in [7, 11) is 2.18. The van der Waals surface area contributed by atoms with Gasteiger partial charge in [0.05, 0.1) is 0 Å². The van der Waals surface area contributed by atoms with Crippen LogP contribution in [0.2, 0.25) is 0 Å². The number of pyridine rings is 1. The Bertz CT molecular complexity index is 800. The Balaban J connectivity index is 2.42. The van der Waals surface area contributed by atoms with E-state index in [1.54, 1.807) is 0 Å². The Morgan fingerprint density at radius 1 is 0.905 bits per heavy atom. The summed E-state index contributed by atoms with van der Waals surface area (Å²) in [6, 6.07) is 19.6.